The fourth-order valence-corrected chi connectivity index (χ4v) is 2.64. The van der Waals surface area contributed by atoms with Crippen LogP contribution in [0, 0.1) is 27.4 Å². The average Bonchev–Trinajstić information content (AvgIpc) is 2.46. The minimum atomic E-state index is -0.505. The Balaban J connectivity index is 2.27. The highest BCUT2D eigenvalue weighted by atomic mass is 16.6. The van der Waals surface area contributed by atoms with Gasteiger partial charge in [0.25, 0.3) is 5.69 Å². The van der Waals surface area contributed by atoms with Crippen LogP contribution in [0.3, 0.4) is 0 Å². The lowest BCUT2D eigenvalue weighted by molar-refractivity contribution is -0.385. The van der Waals surface area contributed by atoms with Gasteiger partial charge in [-0.3, -0.25) is 10.1 Å². The van der Waals surface area contributed by atoms with Crippen molar-refractivity contribution in [2.75, 3.05) is 18.0 Å². The highest BCUT2D eigenvalue weighted by Crippen LogP contribution is 2.29. The molecule has 2 rings (SSSR count). The van der Waals surface area contributed by atoms with Crippen molar-refractivity contribution < 1.29 is 4.92 Å². The molecule has 20 heavy (non-hydrogen) atoms. The Hall–Kier alpha value is -2.13. The predicted octanol–water partition coefficient (Wildman–Crippen LogP) is 2.03. The lowest BCUT2D eigenvalue weighted by Crippen LogP contribution is -2.42. The van der Waals surface area contributed by atoms with E-state index in [0.29, 0.717) is 5.92 Å². The molecule has 6 heteroatoms. The number of hydrogen-bond acceptors (Lipinski definition) is 5. The van der Waals surface area contributed by atoms with Crippen LogP contribution in [-0.2, 0) is 0 Å². The number of anilines is 1. The summed E-state index contributed by atoms with van der Waals surface area (Å²) in [5.41, 5.74) is 6.71. The summed E-state index contributed by atoms with van der Waals surface area (Å²) in [6.45, 7) is 3.67. The molecule has 0 amide bonds. The second-order valence-electron chi connectivity index (χ2n) is 5.28. The summed E-state index contributed by atoms with van der Waals surface area (Å²) in [6, 6.07) is 6.75. The highest BCUT2D eigenvalue weighted by molar-refractivity contribution is 5.60. The standard InChI is InChI=1S/C14H18N4O2/c1-10(16)12-3-2-6-17(9-12)13-5-4-11(8-15)14(7-13)18(19)20/h4-5,7,10,12H,2-3,6,9,16H2,1H3. The third-order valence-corrected chi connectivity index (χ3v) is 3.87. The van der Waals surface area contributed by atoms with Crippen LogP contribution in [0.2, 0.25) is 0 Å². The van der Waals surface area contributed by atoms with E-state index >= 15 is 0 Å². The zero-order valence-electron chi connectivity index (χ0n) is 11.5. The molecule has 2 atom stereocenters. The molecule has 0 aromatic heterocycles. The van der Waals surface area contributed by atoms with Crippen LogP contribution in [0.15, 0.2) is 18.2 Å². The smallest absolute Gasteiger partial charge is 0.289 e. The van der Waals surface area contributed by atoms with Crippen molar-refractivity contribution in [1.29, 1.82) is 5.26 Å². The molecule has 1 aromatic rings. The van der Waals surface area contributed by atoms with Crippen LogP contribution in [0.4, 0.5) is 11.4 Å². The number of rotatable bonds is 3. The minimum absolute atomic E-state index is 0.0968. The van der Waals surface area contributed by atoms with Gasteiger partial charge in [-0.1, -0.05) is 0 Å². The monoisotopic (exact) mass is 274 g/mol. The van der Waals surface area contributed by atoms with Crippen LogP contribution in [0.5, 0.6) is 0 Å². The molecule has 1 aliphatic rings. The van der Waals surface area contributed by atoms with E-state index in [-0.39, 0.29) is 17.3 Å². The van der Waals surface area contributed by atoms with Crippen molar-refractivity contribution in [3.05, 3.63) is 33.9 Å². The van der Waals surface area contributed by atoms with E-state index in [4.69, 9.17) is 11.0 Å². The number of nitrogens with two attached hydrogens (primary N) is 1. The summed E-state index contributed by atoms with van der Waals surface area (Å²) >= 11 is 0. The van der Waals surface area contributed by atoms with Gasteiger partial charge >= 0.3 is 0 Å². The molecule has 106 valence electrons. The van der Waals surface area contributed by atoms with E-state index < -0.39 is 4.92 Å². The third-order valence-electron chi connectivity index (χ3n) is 3.87. The molecule has 6 nitrogen and oxygen atoms in total. The van der Waals surface area contributed by atoms with Crippen molar-refractivity contribution in [1.82, 2.24) is 0 Å². The number of nitro groups is 1. The maximum atomic E-state index is 11.0. The Morgan fingerprint density at radius 1 is 1.60 bits per heavy atom. The van der Waals surface area contributed by atoms with E-state index in [1.807, 2.05) is 13.0 Å². The Morgan fingerprint density at radius 2 is 2.35 bits per heavy atom. The number of nitrogens with zero attached hydrogens (tertiary/aromatic N) is 3. The first-order valence-corrected chi connectivity index (χ1v) is 6.72. The van der Waals surface area contributed by atoms with Gasteiger partial charge in [0.15, 0.2) is 0 Å². The maximum absolute atomic E-state index is 11.0. The molecule has 0 saturated carbocycles. The van der Waals surface area contributed by atoms with Crippen LogP contribution < -0.4 is 10.6 Å². The Kier molecular flexibility index (Phi) is 4.20. The van der Waals surface area contributed by atoms with Crippen molar-refractivity contribution in [2.24, 2.45) is 11.7 Å². The lowest BCUT2D eigenvalue weighted by Gasteiger charge is -2.36. The van der Waals surface area contributed by atoms with Gasteiger partial charge in [0.2, 0.25) is 0 Å². The van der Waals surface area contributed by atoms with E-state index in [2.05, 4.69) is 4.90 Å². The zero-order chi connectivity index (χ0) is 14.7. The number of piperidine rings is 1. The second-order valence-corrected chi connectivity index (χ2v) is 5.28. The van der Waals surface area contributed by atoms with Gasteiger partial charge in [-0.2, -0.15) is 5.26 Å². The van der Waals surface area contributed by atoms with Gasteiger partial charge in [0, 0.05) is 30.9 Å². The molecule has 0 spiro atoms. The minimum Gasteiger partial charge on any atom is -0.371 e. The van der Waals surface area contributed by atoms with Gasteiger partial charge in [-0.05, 0) is 37.8 Å². The molecule has 1 fully saturated rings. The first-order chi connectivity index (χ1) is 9.52. The fourth-order valence-electron chi connectivity index (χ4n) is 2.64. The van der Waals surface area contributed by atoms with Crippen molar-refractivity contribution >= 4 is 11.4 Å². The van der Waals surface area contributed by atoms with Gasteiger partial charge in [0.1, 0.15) is 11.6 Å². The topological polar surface area (TPSA) is 96.2 Å². The maximum Gasteiger partial charge on any atom is 0.289 e. The number of nitro benzene ring substituents is 1. The van der Waals surface area contributed by atoms with Crippen molar-refractivity contribution in [2.45, 2.75) is 25.8 Å². The first-order valence-electron chi connectivity index (χ1n) is 6.72. The highest BCUT2D eigenvalue weighted by Gasteiger charge is 2.24. The molecule has 1 saturated heterocycles. The summed E-state index contributed by atoms with van der Waals surface area (Å²) < 4.78 is 0. The number of benzene rings is 1. The summed E-state index contributed by atoms with van der Waals surface area (Å²) in [6.07, 6.45) is 2.12. The zero-order valence-corrected chi connectivity index (χ0v) is 11.5. The van der Waals surface area contributed by atoms with Crippen molar-refractivity contribution in [3.8, 4) is 6.07 Å². The molecule has 0 radical (unpaired) electrons. The Morgan fingerprint density at radius 3 is 2.95 bits per heavy atom. The Bertz CT molecular complexity index is 551. The molecule has 0 aliphatic carbocycles. The first kappa shape index (κ1) is 14.3. The second kappa shape index (κ2) is 5.88. The quantitative estimate of drug-likeness (QED) is 0.672. The van der Waals surface area contributed by atoms with Crippen LogP contribution >= 0.6 is 0 Å². The van der Waals surface area contributed by atoms with E-state index in [9.17, 15) is 10.1 Å². The molecule has 0 bridgehead atoms. The van der Waals surface area contributed by atoms with E-state index in [0.717, 1.165) is 31.6 Å². The summed E-state index contributed by atoms with van der Waals surface area (Å²) in [5.74, 6) is 0.401. The predicted molar refractivity (Wildman–Crippen MR) is 76.4 cm³/mol. The van der Waals surface area contributed by atoms with Gasteiger partial charge in [-0.25, -0.2) is 0 Å². The molecule has 2 unspecified atom stereocenters. The Labute approximate surface area is 117 Å². The van der Waals surface area contributed by atoms with Crippen LogP contribution in [-0.4, -0.2) is 24.1 Å². The molecule has 1 heterocycles. The van der Waals surface area contributed by atoms with Crippen molar-refractivity contribution in [3.63, 3.8) is 0 Å². The average molecular weight is 274 g/mol. The van der Waals surface area contributed by atoms with Gasteiger partial charge in [0.05, 0.1) is 4.92 Å². The van der Waals surface area contributed by atoms with E-state index in [1.165, 1.54) is 12.1 Å². The summed E-state index contributed by atoms with van der Waals surface area (Å²) in [4.78, 5) is 12.6. The fraction of sp³-hybridized carbons (Fsp3) is 0.500. The summed E-state index contributed by atoms with van der Waals surface area (Å²) in [5, 5.41) is 19.9. The molecule has 2 N–H and O–H groups in total. The third kappa shape index (κ3) is 2.89. The van der Waals surface area contributed by atoms with Crippen LogP contribution in [0.1, 0.15) is 25.3 Å². The molecule has 1 aliphatic heterocycles. The molecule has 1 aromatic carbocycles. The normalized spacial score (nSPS) is 20.2. The van der Waals surface area contributed by atoms with E-state index in [1.54, 1.807) is 6.07 Å². The molecular weight excluding hydrogens is 256 g/mol. The number of hydrogen-bond donors (Lipinski definition) is 1. The molecular formula is C14H18N4O2. The van der Waals surface area contributed by atoms with Crippen LogP contribution in [0.25, 0.3) is 0 Å². The van der Waals surface area contributed by atoms with Gasteiger partial charge < -0.3 is 10.6 Å². The largest absolute Gasteiger partial charge is 0.371 e. The number of nitriles is 1. The lowest BCUT2D eigenvalue weighted by atomic mass is 9.92. The SMILES string of the molecule is CC(N)C1CCCN(c2ccc(C#N)c([N+](=O)[O-])c2)C1. The summed E-state index contributed by atoms with van der Waals surface area (Å²) in [7, 11) is 0. The van der Waals surface area contributed by atoms with Gasteiger partial charge in [-0.15, -0.1) is 0 Å².